The van der Waals surface area contributed by atoms with Crippen molar-refractivity contribution in [2.75, 3.05) is 13.3 Å². The third kappa shape index (κ3) is 3.76. The Balaban J connectivity index is 2.14. The van der Waals surface area contributed by atoms with E-state index < -0.39 is 28.3 Å². The van der Waals surface area contributed by atoms with Gasteiger partial charge in [-0.15, -0.1) is 0 Å². The molecule has 0 aliphatic carbocycles. The van der Waals surface area contributed by atoms with Gasteiger partial charge in [-0.2, -0.15) is 0 Å². The van der Waals surface area contributed by atoms with Crippen LogP contribution in [0.4, 0.5) is 8.78 Å². The van der Waals surface area contributed by atoms with E-state index >= 15 is 0 Å². The van der Waals surface area contributed by atoms with Crippen LogP contribution in [-0.4, -0.2) is 28.3 Å². The number of halogens is 2. The summed E-state index contributed by atoms with van der Waals surface area (Å²) in [6, 6.07) is 9.72. The number of amides is 1. The van der Waals surface area contributed by atoms with Crippen molar-refractivity contribution in [1.82, 2.24) is 4.90 Å². The van der Waals surface area contributed by atoms with Gasteiger partial charge in [0, 0.05) is 35.5 Å². The van der Waals surface area contributed by atoms with E-state index in [-0.39, 0.29) is 12.1 Å². The van der Waals surface area contributed by atoms with Crippen LogP contribution < -0.4 is 0 Å². The van der Waals surface area contributed by atoms with E-state index in [1.54, 1.807) is 30.5 Å². The molecule has 0 unspecified atom stereocenters. The molecular weight excluding hydrogens is 308 g/mol. The molecule has 0 bridgehead atoms. The number of carbonyl (C=O) groups is 1. The monoisotopic (exact) mass is 323 g/mol. The second kappa shape index (κ2) is 6.79. The second-order valence-electron chi connectivity index (χ2n) is 4.88. The maximum atomic E-state index is 13.6. The smallest absolute Gasteiger partial charge is 0.256 e. The fourth-order valence-electron chi connectivity index (χ4n) is 2.00. The lowest BCUT2D eigenvalue weighted by atomic mass is 10.1. The van der Waals surface area contributed by atoms with Crippen molar-refractivity contribution < 1.29 is 17.8 Å². The zero-order valence-corrected chi connectivity index (χ0v) is 13.0. The number of benzene rings is 2. The normalized spacial score (nSPS) is 12.0. The van der Waals surface area contributed by atoms with Gasteiger partial charge in [0.2, 0.25) is 0 Å². The molecule has 0 fully saturated rings. The Labute approximate surface area is 130 Å². The number of nitrogens with zero attached hydrogens (tertiary/aromatic N) is 1. The van der Waals surface area contributed by atoms with Gasteiger partial charge >= 0.3 is 0 Å². The van der Waals surface area contributed by atoms with Crippen molar-refractivity contribution in [1.29, 1.82) is 0 Å². The van der Waals surface area contributed by atoms with Gasteiger partial charge in [-0.3, -0.25) is 9.00 Å². The molecule has 2 aromatic rings. The summed E-state index contributed by atoms with van der Waals surface area (Å²) in [5, 5.41) is 0. The molecule has 1 amide bonds. The molecule has 2 aromatic carbocycles. The van der Waals surface area contributed by atoms with Crippen molar-refractivity contribution in [2.45, 2.75) is 11.4 Å². The fourth-order valence-corrected chi connectivity index (χ4v) is 2.52. The predicted molar refractivity (Wildman–Crippen MR) is 80.9 cm³/mol. The molecule has 0 heterocycles. The van der Waals surface area contributed by atoms with Crippen molar-refractivity contribution in [2.24, 2.45) is 0 Å². The van der Waals surface area contributed by atoms with Crippen LogP contribution in [0.3, 0.4) is 0 Å². The Morgan fingerprint density at radius 3 is 2.36 bits per heavy atom. The van der Waals surface area contributed by atoms with Crippen LogP contribution in [0.2, 0.25) is 0 Å². The van der Waals surface area contributed by atoms with E-state index in [4.69, 9.17) is 0 Å². The molecule has 0 saturated heterocycles. The largest absolute Gasteiger partial charge is 0.337 e. The molecular formula is C16H15F2NO2S. The Hall–Kier alpha value is -2.08. The van der Waals surface area contributed by atoms with Crippen LogP contribution >= 0.6 is 0 Å². The second-order valence-corrected chi connectivity index (χ2v) is 6.26. The van der Waals surface area contributed by atoms with Gasteiger partial charge in [-0.25, -0.2) is 8.78 Å². The third-order valence-electron chi connectivity index (χ3n) is 3.18. The molecule has 0 saturated carbocycles. The first-order chi connectivity index (χ1) is 10.4. The summed E-state index contributed by atoms with van der Waals surface area (Å²) in [5.41, 5.74) is 0.510. The Morgan fingerprint density at radius 2 is 1.77 bits per heavy atom. The molecule has 116 valence electrons. The topological polar surface area (TPSA) is 37.4 Å². The maximum absolute atomic E-state index is 13.6. The highest BCUT2D eigenvalue weighted by molar-refractivity contribution is 7.84. The molecule has 0 aromatic heterocycles. The Kier molecular flexibility index (Phi) is 5.03. The zero-order chi connectivity index (χ0) is 16.3. The lowest BCUT2D eigenvalue weighted by molar-refractivity contribution is 0.0780. The van der Waals surface area contributed by atoms with Gasteiger partial charge in [0.05, 0.1) is 5.56 Å². The van der Waals surface area contributed by atoms with E-state index in [9.17, 15) is 17.8 Å². The van der Waals surface area contributed by atoms with Gasteiger partial charge in [0.15, 0.2) is 0 Å². The van der Waals surface area contributed by atoms with Crippen LogP contribution in [0.15, 0.2) is 47.4 Å². The van der Waals surface area contributed by atoms with Gasteiger partial charge in [-0.05, 0) is 35.9 Å². The van der Waals surface area contributed by atoms with Crippen molar-refractivity contribution in [3.8, 4) is 0 Å². The first-order valence-corrected chi connectivity index (χ1v) is 8.07. The van der Waals surface area contributed by atoms with Crippen LogP contribution in [0.5, 0.6) is 0 Å². The van der Waals surface area contributed by atoms with E-state index in [0.29, 0.717) is 4.90 Å². The minimum atomic E-state index is -1.07. The van der Waals surface area contributed by atoms with Crippen LogP contribution in [0.1, 0.15) is 15.9 Å². The molecule has 0 aliphatic heterocycles. The van der Waals surface area contributed by atoms with Gasteiger partial charge < -0.3 is 4.90 Å². The summed E-state index contributed by atoms with van der Waals surface area (Å²) in [4.78, 5) is 14.2. The van der Waals surface area contributed by atoms with E-state index in [1.165, 1.54) is 11.9 Å². The lowest BCUT2D eigenvalue weighted by Gasteiger charge is -2.18. The highest BCUT2D eigenvalue weighted by atomic mass is 32.2. The fraction of sp³-hybridized carbons (Fsp3) is 0.188. The van der Waals surface area contributed by atoms with Gasteiger partial charge in [-0.1, -0.05) is 12.1 Å². The van der Waals surface area contributed by atoms with Crippen molar-refractivity contribution in [3.05, 3.63) is 65.2 Å². The summed E-state index contributed by atoms with van der Waals surface area (Å²) >= 11 is 0. The highest BCUT2D eigenvalue weighted by Gasteiger charge is 2.17. The average Bonchev–Trinajstić information content (AvgIpc) is 2.49. The molecule has 6 heteroatoms. The molecule has 1 atom stereocenters. The van der Waals surface area contributed by atoms with E-state index in [1.807, 2.05) is 0 Å². The van der Waals surface area contributed by atoms with Crippen LogP contribution in [0, 0.1) is 11.6 Å². The standard InChI is InChI=1S/C16H15F2NO2S/c1-19(10-11-3-6-13(7-4-11)22(2)21)16(20)14-9-12(17)5-8-15(14)18/h3-9H,10H2,1-2H3/t22-/m0/s1. The number of hydrogen-bond donors (Lipinski definition) is 0. The summed E-state index contributed by atoms with van der Waals surface area (Å²) in [5.74, 6) is -2.01. The molecule has 3 nitrogen and oxygen atoms in total. The van der Waals surface area contributed by atoms with Crippen LogP contribution in [0.25, 0.3) is 0 Å². The molecule has 2 rings (SSSR count). The third-order valence-corrected chi connectivity index (χ3v) is 4.12. The Bertz CT molecular complexity index is 717. The summed E-state index contributed by atoms with van der Waals surface area (Å²) in [6.45, 7) is 0.241. The Morgan fingerprint density at radius 1 is 1.14 bits per heavy atom. The quantitative estimate of drug-likeness (QED) is 0.867. The summed E-state index contributed by atoms with van der Waals surface area (Å²) < 4.78 is 38.1. The summed E-state index contributed by atoms with van der Waals surface area (Å²) in [6.07, 6.45) is 1.58. The molecule has 0 N–H and O–H groups in total. The number of hydrogen-bond acceptors (Lipinski definition) is 2. The van der Waals surface area contributed by atoms with Crippen LogP contribution in [-0.2, 0) is 17.3 Å². The number of carbonyl (C=O) groups excluding carboxylic acids is 1. The molecule has 22 heavy (non-hydrogen) atoms. The zero-order valence-electron chi connectivity index (χ0n) is 12.2. The molecule has 0 spiro atoms. The highest BCUT2D eigenvalue weighted by Crippen LogP contribution is 2.14. The van der Waals surface area contributed by atoms with Gasteiger partial charge in [0.1, 0.15) is 11.6 Å². The SMILES string of the molecule is CN(Cc1ccc([S@](C)=O)cc1)C(=O)c1cc(F)ccc1F. The minimum absolute atomic E-state index is 0.241. The summed E-state index contributed by atoms with van der Waals surface area (Å²) in [7, 11) is 0.447. The molecule has 0 radical (unpaired) electrons. The predicted octanol–water partition coefficient (Wildman–Crippen LogP) is 2.97. The van der Waals surface area contributed by atoms with Crippen molar-refractivity contribution in [3.63, 3.8) is 0 Å². The van der Waals surface area contributed by atoms with E-state index in [2.05, 4.69) is 0 Å². The molecule has 0 aliphatic rings. The number of rotatable bonds is 4. The first kappa shape index (κ1) is 16.3. The van der Waals surface area contributed by atoms with E-state index in [0.717, 1.165) is 23.8 Å². The van der Waals surface area contributed by atoms with Crippen molar-refractivity contribution >= 4 is 16.7 Å². The lowest BCUT2D eigenvalue weighted by Crippen LogP contribution is -2.27. The average molecular weight is 323 g/mol. The first-order valence-electron chi connectivity index (χ1n) is 6.51. The van der Waals surface area contributed by atoms with Gasteiger partial charge in [0.25, 0.3) is 5.91 Å². The maximum Gasteiger partial charge on any atom is 0.256 e. The minimum Gasteiger partial charge on any atom is -0.337 e.